The summed E-state index contributed by atoms with van der Waals surface area (Å²) < 4.78 is 22.9. The number of anilines is 1. The standard InChI is InChI=1S/C23H16FN3O5/c24-13-31-16-9-11-17(12-10-16)32-22-20(26-18-3-1-2-4-19(18)27-22)21(28)25-15-7-5-14(6-8-15)23(29)30/h1-12H,13H2,(H,25,28)(H,29,30). The van der Waals surface area contributed by atoms with Crippen LogP contribution in [0.5, 0.6) is 17.4 Å². The van der Waals surface area contributed by atoms with Crippen molar-refractivity contribution in [3.05, 3.63) is 84.1 Å². The summed E-state index contributed by atoms with van der Waals surface area (Å²) in [5, 5.41) is 11.7. The van der Waals surface area contributed by atoms with Crippen LogP contribution in [0.25, 0.3) is 11.0 Å². The molecule has 8 nitrogen and oxygen atoms in total. The number of halogens is 1. The fraction of sp³-hybridized carbons (Fsp3) is 0.0435. The van der Waals surface area contributed by atoms with Gasteiger partial charge in [-0.1, -0.05) is 12.1 Å². The number of nitrogens with one attached hydrogen (secondary N) is 1. The lowest BCUT2D eigenvalue weighted by Crippen LogP contribution is -2.16. The first-order valence-corrected chi connectivity index (χ1v) is 9.41. The average Bonchev–Trinajstić information content (AvgIpc) is 2.80. The van der Waals surface area contributed by atoms with Gasteiger partial charge in [-0.15, -0.1) is 0 Å². The van der Waals surface area contributed by atoms with Crippen molar-refractivity contribution in [3.8, 4) is 17.4 Å². The third-order valence-electron chi connectivity index (χ3n) is 4.40. The lowest BCUT2D eigenvalue weighted by Gasteiger charge is -2.12. The summed E-state index contributed by atoms with van der Waals surface area (Å²) in [4.78, 5) is 32.8. The van der Waals surface area contributed by atoms with E-state index in [4.69, 9.17) is 14.6 Å². The topological polar surface area (TPSA) is 111 Å². The average molecular weight is 433 g/mol. The van der Waals surface area contributed by atoms with Crippen LogP contribution in [0, 0.1) is 0 Å². The van der Waals surface area contributed by atoms with E-state index in [-0.39, 0.29) is 17.1 Å². The van der Waals surface area contributed by atoms with Crippen LogP contribution < -0.4 is 14.8 Å². The van der Waals surface area contributed by atoms with Gasteiger partial charge in [-0.25, -0.2) is 19.2 Å². The van der Waals surface area contributed by atoms with Gasteiger partial charge in [0.15, 0.2) is 5.69 Å². The Balaban J connectivity index is 1.65. The van der Waals surface area contributed by atoms with Crippen LogP contribution >= 0.6 is 0 Å². The highest BCUT2D eigenvalue weighted by atomic mass is 19.1. The highest BCUT2D eigenvalue weighted by Crippen LogP contribution is 2.27. The minimum Gasteiger partial charge on any atom is -0.478 e. The Labute approximate surface area is 181 Å². The molecule has 0 saturated carbocycles. The van der Waals surface area contributed by atoms with Gasteiger partial charge >= 0.3 is 5.97 Å². The number of amides is 1. The zero-order valence-electron chi connectivity index (χ0n) is 16.5. The van der Waals surface area contributed by atoms with E-state index in [1.807, 2.05) is 0 Å². The van der Waals surface area contributed by atoms with Gasteiger partial charge in [-0.3, -0.25) is 4.79 Å². The zero-order chi connectivity index (χ0) is 22.5. The smallest absolute Gasteiger partial charge is 0.335 e. The van der Waals surface area contributed by atoms with Crippen LogP contribution in [0.1, 0.15) is 20.8 Å². The van der Waals surface area contributed by atoms with Gasteiger partial charge < -0.3 is 19.9 Å². The minimum absolute atomic E-state index is 0.0254. The van der Waals surface area contributed by atoms with E-state index < -0.39 is 18.7 Å². The third kappa shape index (κ3) is 4.62. The van der Waals surface area contributed by atoms with Gasteiger partial charge in [0.2, 0.25) is 6.86 Å². The molecular formula is C23H16FN3O5. The van der Waals surface area contributed by atoms with Crippen molar-refractivity contribution in [1.29, 1.82) is 0 Å². The lowest BCUT2D eigenvalue weighted by atomic mass is 10.2. The van der Waals surface area contributed by atoms with Gasteiger partial charge in [0.25, 0.3) is 11.8 Å². The zero-order valence-corrected chi connectivity index (χ0v) is 16.5. The maximum absolute atomic E-state index is 13.0. The fourth-order valence-corrected chi connectivity index (χ4v) is 2.87. The second-order valence-electron chi connectivity index (χ2n) is 6.53. The number of hydrogen-bond acceptors (Lipinski definition) is 6. The highest BCUT2D eigenvalue weighted by Gasteiger charge is 2.19. The number of aromatic carboxylic acids is 1. The molecule has 32 heavy (non-hydrogen) atoms. The molecule has 4 aromatic rings. The maximum atomic E-state index is 13.0. The van der Waals surface area contributed by atoms with E-state index in [9.17, 15) is 14.0 Å². The largest absolute Gasteiger partial charge is 0.478 e. The Morgan fingerprint density at radius 2 is 1.50 bits per heavy atom. The van der Waals surface area contributed by atoms with Crippen molar-refractivity contribution in [2.45, 2.75) is 0 Å². The van der Waals surface area contributed by atoms with Crippen LogP contribution in [0.2, 0.25) is 0 Å². The van der Waals surface area contributed by atoms with E-state index in [0.717, 1.165) is 0 Å². The van der Waals surface area contributed by atoms with Gasteiger partial charge in [0.1, 0.15) is 11.5 Å². The number of fused-ring (bicyclic) bond motifs is 1. The van der Waals surface area contributed by atoms with Crippen molar-refractivity contribution in [2.75, 3.05) is 12.2 Å². The predicted molar refractivity (Wildman–Crippen MR) is 114 cm³/mol. The third-order valence-corrected chi connectivity index (χ3v) is 4.40. The second-order valence-corrected chi connectivity index (χ2v) is 6.53. The highest BCUT2D eigenvalue weighted by molar-refractivity contribution is 6.05. The molecule has 1 aromatic heterocycles. The number of ether oxygens (including phenoxy) is 2. The molecule has 0 spiro atoms. The van der Waals surface area contributed by atoms with E-state index in [1.54, 1.807) is 36.4 Å². The molecule has 160 valence electrons. The molecule has 0 unspecified atom stereocenters. The van der Waals surface area contributed by atoms with E-state index in [1.165, 1.54) is 36.4 Å². The molecule has 0 bridgehead atoms. The molecule has 0 aliphatic heterocycles. The van der Waals surface area contributed by atoms with Crippen molar-refractivity contribution < 1.29 is 28.6 Å². The predicted octanol–water partition coefficient (Wildman–Crippen LogP) is 4.68. The number of rotatable bonds is 7. The van der Waals surface area contributed by atoms with Gasteiger partial charge in [0.05, 0.1) is 16.6 Å². The lowest BCUT2D eigenvalue weighted by molar-refractivity contribution is 0.0696. The number of hydrogen-bond donors (Lipinski definition) is 2. The van der Waals surface area contributed by atoms with Crippen molar-refractivity contribution in [3.63, 3.8) is 0 Å². The van der Waals surface area contributed by atoms with Gasteiger partial charge in [-0.2, -0.15) is 0 Å². The molecule has 1 heterocycles. The van der Waals surface area contributed by atoms with Crippen LogP contribution in [0.15, 0.2) is 72.8 Å². The van der Waals surface area contributed by atoms with Crippen molar-refractivity contribution in [1.82, 2.24) is 9.97 Å². The summed E-state index contributed by atoms with van der Waals surface area (Å²) >= 11 is 0. The summed E-state index contributed by atoms with van der Waals surface area (Å²) in [7, 11) is 0. The maximum Gasteiger partial charge on any atom is 0.335 e. The minimum atomic E-state index is -1.07. The Morgan fingerprint density at radius 3 is 2.12 bits per heavy atom. The molecule has 0 atom stereocenters. The van der Waals surface area contributed by atoms with Crippen LogP contribution in [0.4, 0.5) is 10.1 Å². The number of nitrogens with zero attached hydrogens (tertiary/aromatic N) is 2. The van der Waals surface area contributed by atoms with E-state index in [0.29, 0.717) is 28.2 Å². The summed E-state index contributed by atoms with van der Waals surface area (Å²) in [5.41, 5.74) is 1.45. The molecular weight excluding hydrogens is 417 g/mol. The number of carbonyl (C=O) groups is 2. The molecule has 2 N–H and O–H groups in total. The number of carboxylic acid groups (broad SMARTS) is 1. The normalized spacial score (nSPS) is 10.5. The summed E-state index contributed by atoms with van der Waals surface area (Å²) in [6, 6.07) is 18.8. The van der Waals surface area contributed by atoms with Crippen LogP contribution in [-0.4, -0.2) is 33.8 Å². The van der Waals surface area contributed by atoms with Crippen molar-refractivity contribution in [2.24, 2.45) is 0 Å². The summed E-state index contributed by atoms with van der Waals surface area (Å²) in [5.74, 6) is -1.00. The number of alkyl halides is 1. The van der Waals surface area contributed by atoms with Crippen LogP contribution in [0.3, 0.4) is 0 Å². The molecule has 0 aliphatic rings. The van der Waals surface area contributed by atoms with Gasteiger partial charge in [-0.05, 0) is 60.7 Å². The molecule has 4 rings (SSSR count). The molecule has 0 aliphatic carbocycles. The molecule has 0 saturated heterocycles. The first kappa shape index (κ1) is 20.7. The monoisotopic (exact) mass is 433 g/mol. The molecule has 0 radical (unpaired) electrons. The van der Waals surface area contributed by atoms with E-state index >= 15 is 0 Å². The number of benzene rings is 3. The van der Waals surface area contributed by atoms with Crippen molar-refractivity contribution >= 4 is 28.6 Å². The first-order chi connectivity index (χ1) is 15.5. The first-order valence-electron chi connectivity index (χ1n) is 9.41. The summed E-state index contributed by atoms with van der Waals surface area (Å²) in [6.45, 7) is -0.950. The van der Waals surface area contributed by atoms with Crippen LogP contribution in [-0.2, 0) is 0 Å². The number of aromatic nitrogens is 2. The Bertz CT molecular complexity index is 1280. The SMILES string of the molecule is O=C(O)c1ccc(NC(=O)c2nc3ccccc3nc2Oc2ccc(OCF)cc2)cc1. The molecule has 1 amide bonds. The number of para-hydroxylation sites is 2. The van der Waals surface area contributed by atoms with Gasteiger partial charge in [0, 0.05) is 5.69 Å². The molecule has 9 heteroatoms. The Kier molecular flexibility index (Phi) is 5.89. The number of carbonyl (C=O) groups excluding carboxylic acids is 1. The van der Waals surface area contributed by atoms with E-state index in [2.05, 4.69) is 15.3 Å². The Morgan fingerprint density at radius 1 is 0.875 bits per heavy atom. The number of carboxylic acids is 1. The summed E-state index contributed by atoms with van der Waals surface area (Å²) in [6.07, 6.45) is 0. The molecule has 3 aromatic carbocycles. The fourth-order valence-electron chi connectivity index (χ4n) is 2.87. The quantitative estimate of drug-likeness (QED) is 0.435. The molecule has 0 fully saturated rings. The Hall–Kier alpha value is -4.53. The second kappa shape index (κ2) is 9.09.